The molecule has 0 spiro atoms. The number of anilines is 2. The maximum absolute atomic E-state index is 12.5. The fourth-order valence-electron chi connectivity index (χ4n) is 2.35. The summed E-state index contributed by atoms with van der Waals surface area (Å²) in [7, 11) is -6.64. The molecule has 3 N–H and O–H groups in total. The Morgan fingerprint density at radius 3 is 3.00 bits per heavy atom. The predicted octanol–water partition coefficient (Wildman–Crippen LogP) is 1.35. The van der Waals surface area contributed by atoms with Crippen molar-refractivity contribution in [2.75, 3.05) is 51.3 Å². The molecule has 1 fully saturated rings. The lowest BCUT2D eigenvalue weighted by molar-refractivity contribution is -0.130. The largest absolute Gasteiger partial charge is 0.493 e. The Morgan fingerprint density at radius 1 is 1.46 bits per heavy atom. The van der Waals surface area contributed by atoms with Crippen molar-refractivity contribution < 1.29 is 42.3 Å². The minimum Gasteiger partial charge on any atom is -0.493 e. The highest BCUT2D eigenvalue weighted by Crippen LogP contribution is 2.33. The van der Waals surface area contributed by atoms with Crippen LogP contribution in [0.3, 0.4) is 0 Å². The molecule has 9 heteroatoms. The molecule has 1 unspecified atom stereocenters. The molecule has 28 heavy (non-hydrogen) atoms. The molecule has 2 heterocycles. The van der Waals surface area contributed by atoms with E-state index in [-0.39, 0.29) is 17.9 Å². The van der Waals surface area contributed by atoms with Gasteiger partial charge in [0.15, 0.2) is 11.5 Å². The SMILES string of the molecule is [2H]c1c(OC([2H])([2H])[2H])c(OC([2H])([2H])[2H])c([2H])c2c(N)nc(N(C([2H])([2H])[2H])C([2H])([2H])C([2H])([2H])C([2H])([2H])NC(=O)C3CCCO3)nc12. The van der Waals surface area contributed by atoms with Crippen molar-refractivity contribution in [3.63, 3.8) is 0 Å². The van der Waals surface area contributed by atoms with Gasteiger partial charge in [0.25, 0.3) is 0 Å². The highest BCUT2D eigenvalue weighted by atomic mass is 16.5. The lowest BCUT2D eigenvalue weighted by atomic mass is 10.2. The van der Waals surface area contributed by atoms with Crippen molar-refractivity contribution in [3.05, 3.63) is 12.1 Å². The van der Waals surface area contributed by atoms with E-state index in [9.17, 15) is 4.79 Å². The summed E-state index contributed by atoms with van der Waals surface area (Å²) in [6.45, 7) is -11.1. The minimum absolute atomic E-state index is 0.170. The number of hydrogen-bond acceptors (Lipinski definition) is 8. The predicted molar refractivity (Wildman–Crippen MR) is 107 cm³/mol. The summed E-state index contributed by atoms with van der Waals surface area (Å²) in [6, 6.07) is -2.12. The van der Waals surface area contributed by atoms with Crippen LogP contribution in [0.1, 0.15) is 42.5 Å². The van der Waals surface area contributed by atoms with Gasteiger partial charge >= 0.3 is 0 Å². The van der Waals surface area contributed by atoms with Gasteiger partial charge in [-0.15, -0.1) is 0 Å². The van der Waals surface area contributed by atoms with Crippen LogP contribution < -0.4 is 25.4 Å². The summed E-state index contributed by atoms with van der Waals surface area (Å²) < 4.78 is 150. The number of hydrogen-bond donors (Lipinski definition) is 2. The lowest BCUT2D eigenvalue weighted by Gasteiger charge is -2.19. The van der Waals surface area contributed by atoms with E-state index >= 15 is 0 Å². The first kappa shape index (κ1) is 7.55. The van der Waals surface area contributed by atoms with Crippen LogP contribution in [-0.2, 0) is 9.53 Å². The summed E-state index contributed by atoms with van der Waals surface area (Å²) in [4.78, 5) is 19.5. The smallest absolute Gasteiger partial charge is 0.249 e. The highest BCUT2D eigenvalue weighted by Gasteiger charge is 2.22. The molecule has 1 aromatic carbocycles. The lowest BCUT2D eigenvalue weighted by Crippen LogP contribution is -2.36. The fraction of sp³-hybridized carbons (Fsp3) is 0.526. The topological polar surface area (TPSA) is 112 Å². The Hall–Kier alpha value is -2.81. The van der Waals surface area contributed by atoms with Crippen LogP contribution in [0.2, 0.25) is 0 Å². The van der Waals surface area contributed by atoms with Gasteiger partial charge in [-0.3, -0.25) is 4.79 Å². The molecule has 9 nitrogen and oxygen atoms in total. The third kappa shape index (κ3) is 4.36. The van der Waals surface area contributed by atoms with Crippen LogP contribution >= 0.6 is 0 Å². The van der Waals surface area contributed by atoms with Gasteiger partial charge in [0.2, 0.25) is 11.9 Å². The standard InChI is InChI=1S/C19H27N5O4/c1-24(8-5-7-21-18(25)14-6-4-9-28-14)19-22-13-11-16(27-3)15(26-2)10-12(13)17(20)23-19/h10-11,14H,4-9H2,1-3H3,(H,21,25)(H2,20,22,23)/i1D3,2D3,3D3,5D2,7D2,8D2,10D,11D. The number of ether oxygens (including phenoxy) is 3. The molecule has 1 atom stereocenters. The van der Waals surface area contributed by atoms with Crippen molar-refractivity contribution in [1.29, 1.82) is 0 Å². The monoisotopic (exact) mass is 406 g/mol. The molecule has 1 saturated heterocycles. The van der Waals surface area contributed by atoms with E-state index in [0.717, 1.165) is 0 Å². The minimum atomic E-state index is -3.96. The summed E-state index contributed by atoms with van der Waals surface area (Å²) in [6.07, 6.45) is -4.45. The van der Waals surface area contributed by atoms with Crippen LogP contribution in [0.4, 0.5) is 11.8 Å². The van der Waals surface area contributed by atoms with Crippen molar-refractivity contribution in [3.8, 4) is 11.5 Å². The van der Waals surface area contributed by atoms with Crippen LogP contribution in [-0.4, -0.2) is 62.6 Å². The first-order chi connectivity index (χ1) is 20.1. The van der Waals surface area contributed by atoms with Gasteiger partial charge in [-0.25, -0.2) is 4.98 Å². The first-order valence-electron chi connectivity index (χ1n) is 16.3. The van der Waals surface area contributed by atoms with Crippen molar-refractivity contribution in [2.45, 2.75) is 25.3 Å². The van der Waals surface area contributed by atoms with Crippen LogP contribution in [0, 0.1) is 0 Å². The van der Waals surface area contributed by atoms with Crippen molar-refractivity contribution in [2.24, 2.45) is 0 Å². The van der Waals surface area contributed by atoms with Crippen LogP contribution in [0.5, 0.6) is 11.5 Å². The molecule has 1 aromatic heterocycles. The number of nitrogens with one attached hydrogen (secondary N) is 1. The molecule has 152 valence electrons. The maximum atomic E-state index is 12.5. The van der Waals surface area contributed by atoms with Gasteiger partial charge in [-0.05, 0) is 25.3 Å². The van der Waals surface area contributed by atoms with E-state index in [1.54, 1.807) is 5.32 Å². The zero-order valence-electron chi connectivity index (χ0n) is 31.3. The summed E-state index contributed by atoms with van der Waals surface area (Å²) in [5, 5.41) is 1.04. The molecule has 1 amide bonds. The number of nitrogens with zero attached hydrogens (tertiary/aromatic N) is 3. The zero-order chi connectivity index (χ0) is 34.7. The van der Waals surface area contributed by atoms with E-state index in [1.165, 1.54) is 0 Å². The number of rotatable bonds is 8. The van der Waals surface area contributed by atoms with E-state index in [2.05, 4.69) is 9.97 Å². The quantitative estimate of drug-likeness (QED) is 0.676. The number of amides is 1. The average Bonchev–Trinajstić information content (AvgIpc) is 3.37. The number of nitrogen functional groups attached to an aromatic ring is 1. The second-order valence-electron chi connectivity index (χ2n) is 5.43. The molecule has 3 rings (SSSR count). The van der Waals surface area contributed by atoms with Gasteiger partial charge < -0.3 is 30.2 Å². The Kier molecular flexibility index (Phi) is 2.40. The van der Waals surface area contributed by atoms with Crippen molar-refractivity contribution >= 4 is 28.6 Å². The third-order valence-corrected chi connectivity index (χ3v) is 3.64. The third-order valence-electron chi connectivity index (χ3n) is 3.64. The summed E-state index contributed by atoms with van der Waals surface area (Å²) in [5.74, 6) is -5.53. The first-order valence-corrected chi connectivity index (χ1v) is 7.85. The normalized spacial score (nSPS) is 28.0. The van der Waals surface area contributed by atoms with E-state index in [1.807, 2.05) is 0 Å². The molecule has 2 aromatic rings. The molecular formula is C19H27N5O4. The van der Waals surface area contributed by atoms with Gasteiger partial charge in [-0.2, -0.15) is 4.98 Å². The Morgan fingerprint density at radius 2 is 2.29 bits per heavy atom. The van der Waals surface area contributed by atoms with Crippen LogP contribution in [0.25, 0.3) is 10.9 Å². The Labute approximate surface area is 188 Å². The van der Waals surface area contributed by atoms with Crippen molar-refractivity contribution in [1.82, 2.24) is 15.3 Å². The van der Waals surface area contributed by atoms with E-state index < -0.39 is 98.7 Å². The second-order valence-corrected chi connectivity index (χ2v) is 5.43. The molecule has 0 radical (unpaired) electrons. The average molecular weight is 407 g/mol. The molecule has 1 aliphatic rings. The van der Waals surface area contributed by atoms with Gasteiger partial charge in [0.1, 0.15) is 11.9 Å². The number of benzene rings is 1. The van der Waals surface area contributed by atoms with Gasteiger partial charge in [0, 0.05) is 50.3 Å². The second kappa shape index (κ2) is 8.92. The Bertz CT molecular complexity index is 1450. The molecule has 1 aliphatic heterocycles. The fourth-order valence-corrected chi connectivity index (χ4v) is 2.35. The Balaban J connectivity index is 2.27. The van der Waals surface area contributed by atoms with Crippen LogP contribution in [0.15, 0.2) is 12.1 Å². The maximum Gasteiger partial charge on any atom is 0.249 e. The number of fused-ring (bicyclic) bond motifs is 1. The van der Waals surface area contributed by atoms with E-state index in [0.29, 0.717) is 6.42 Å². The number of aromatic nitrogens is 2. The molecule has 0 aliphatic carbocycles. The highest BCUT2D eigenvalue weighted by molar-refractivity contribution is 5.91. The summed E-state index contributed by atoms with van der Waals surface area (Å²) >= 11 is 0. The molecule has 0 saturated carbocycles. The number of carbonyl (C=O) groups excluding carboxylic acids is 1. The van der Waals surface area contributed by atoms with Gasteiger partial charge in [-0.1, -0.05) is 0 Å². The number of methoxy groups -OCH3 is 2. The van der Waals surface area contributed by atoms with E-state index in [4.69, 9.17) is 43.2 Å². The number of carbonyl (C=O) groups is 1. The zero-order valence-corrected chi connectivity index (χ0v) is 14.3. The van der Waals surface area contributed by atoms with Gasteiger partial charge in [0.05, 0.1) is 30.6 Å². The molecular weight excluding hydrogens is 362 g/mol. The number of nitrogens with two attached hydrogens (primary N) is 1. The molecule has 0 bridgehead atoms. The summed E-state index contributed by atoms with van der Waals surface area (Å²) in [5.41, 5.74) is 5.06.